The van der Waals surface area contributed by atoms with Crippen molar-refractivity contribution in [2.75, 3.05) is 13.2 Å². The summed E-state index contributed by atoms with van der Waals surface area (Å²) < 4.78 is 16.9. The predicted molar refractivity (Wildman–Crippen MR) is 339 cm³/mol. The van der Waals surface area contributed by atoms with E-state index in [1.807, 2.05) is 6.08 Å². The van der Waals surface area contributed by atoms with Gasteiger partial charge in [0.2, 0.25) is 0 Å². The Balaban J connectivity index is 4.24. The van der Waals surface area contributed by atoms with E-state index in [1.54, 1.807) is 0 Å². The lowest BCUT2D eigenvalue weighted by Crippen LogP contribution is -2.30. The molecule has 0 saturated carbocycles. The number of allylic oxidation sites excluding steroid dienone is 8. The molecule has 0 heterocycles. The lowest BCUT2D eigenvalue weighted by molar-refractivity contribution is -0.166. The number of carbonyl (C=O) groups is 3. The minimum absolute atomic E-state index is 0.0898. The fraction of sp³-hybridized carbons (Fsp3) is 0.847. The largest absolute Gasteiger partial charge is 0.462 e. The average molecular weight is 1090 g/mol. The van der Waals surface area contributed by atoms with Gasteiger partial charge < -0.3 is 14.2 Å². The molecule has 0 bridgehead atoms. The lowest BCUT2D eigenvalue weighted by Gasteiger charge is -2.18. The SMILES string of the molecule is CC/C=C\C/C=C\C/C=C\C/C=C\CCC(=O)OCC(COC(=O)CCCCCCCCCCCCCCCCCCCCCCCCCCCC)OC(=O)CCCCCCCCCCCCCCCCCCCCCCC. The summed E-state index contributed by atoms with van der Waals surface area (Å²) in [4.78, 5) is 38.3. The number of unbranched alkanes of at least 4 members (excludes halogenated alkanes) is 45. The number of ether oxygens (including phenoxy) is 3. The number of esters is 3. The summed E-state index contributed by atoms with van der Waals surface area (Å²) in [5.74, 6) is -0.949. The maximum Gasteiger partial charge on any atom is 0.306 e. The molecule has 6 heteroatoms. The van der Waals surface area contributed by atoms with Gasteiger partial charge in [0.1, 0.15) is 13.2 Å². The van der Waals surface area contributed by atoms with Gasteiger partial charge in [-0.2, -0.15) is 0 Å². The molecule has 0 aliphatic rings. The molecule has 456 valence electrons. The van der Waals surface area contributed by atoms with Crippen LogP contribution in [0.1, 0.15) is 374 Å². The highest BCUT2D eigenvalue weighted by Gasteiger charge is 2.19. The maximum absolute atomic E-state index is 12.9. The quantitative estimate of drug-likeness (QED) is 0.0261. The molecule has 0 aliphatic heterocycles. The summed E-state index contributed by atoms with van der Waals surface area (Å²) in [5.41, 5.74) is 0. The Bertz CT molecular complexity index is 1350. The van der Waals surface area contributed by atoms with E-state index in [4.69, 9.17) is 14.2 Å². The fourth-order valence-electron chi connectivity index (χ4n) is 10.5. The van der Waals surface area contributed by atoms with E-state index in [0.29, 0.717) is 19.3 Å². The van der Waals surface area contributed by atoms with Gasteiger partial charge in [0.05, 0.1) is 0 Å². The predicted octanol–water partition coefficient (Wildman–Crippen LogP) is 23.7. The fourth-order valence-corrected chi connectivity index (χ4v) is 10.5. The monoisotopic (exact) mass is 1090 g/mol. The van der Waals surface area contributed by atoms with E-state index >= 15 is 0 Å². The Morgan fingerprint density at radius 2 is 0.500 bits per heavy atom. The van der Waals surface area contributed by atoms with Crippen LogP contribution in [0.15, 0.2) is 48.6 Å². The summed E-state index contributed by atoms with van der Waals surface area (Å²) >= 11 is 0. The van der Waals surface area contributed by atoms with Crippen LogP contribution >= 0.6 is 0 Å². The molecule has 0 fully saturated rings. The van der Waals surface area contributed by atoms with Gasteiger partial charge >= 0.3 is 17.9 Å². The van der Waals surface area contributed by atoms with Gasteiger partial charge in [-0.3, -0.25) is 14.4 Å². The van der Waals surface area contributed by atoms with Crippen molar-refractivity contribution in [1.82, 2.24) is 0 Å². The van der Waals surface area contributed by atoms with E-state index < -0.39 is 6.10 Å². The first-order valence-corrected chi connectivity index (χ1v) is 34.6. The summed E-state index contributed by atoms with van der Waals surface area (Å²) in [6.45, 7) is 6.53. The average Bonchev–Trinajstić information content (AvgIpc) is 3.44. The summed E-state index contributed by atoms with van der Waals surface area (Å²) in [6, 6.07) is 0. The minimum atomic E-state index is -0.799. The molecule has 1 atom stereocenters. The Morgan fingerprint density at radius 1 is 0.269 bits per heavy atom. The van der Waals surface area contributed by atoms with Crippen LogP contribution in [-0.2, 0) is 28.6 Å². The van der Waals surface area contributed by atoms with E-state index in [2.05, 4.69) is 63.3 Å². The second kappa shape index (κ2) is 66.9. The minimum Gasteiger partial charge on any atom is -0.462 e. The molecular weight excluding hydrogens is 961 g/mol. The Labute approximate surface area is 486 Å². The lowest BCUT2D eigenvalue weighted by atomic mass is 10.0. The molecule has 0 aromatic heterocycles. The van der Waals surface area contributed by atoms with Gasteiger partial charge in [-0.05, 0) is 44.9 Å². The first-order valence-electron chi connectivity index (χ1n) is 34.6. The van der Waals surface area contributed by atoms with Crippen LogP contribution < -0.4 is 0 Å². The van der Waals surface area contributed by atoms with Crippen LogP contribution in [0, 0.1) is 0 Å². The maximum atomic E-state index is 12.9. The second-order valence-electron chi connectivity index (χ2n) is 23.4. The molecule has 0 spiro atoms. The molecule has 0 aliphatic carbocycles. The van der Waals surface area contributed by atoms with E-state index in [-0.39, 0.29) is 37.5 Å². The molecule has 0 amide bonds. The van der Waals surface area contributed by atoms with Crippen LogP contribution in [0.3, 0.4) is 0 Å². The standard InChI is InChI=1S/C72H132O6/c1-4-7-10-13-16-19-22-25-27-29-31-33-34-35-36-37-39-40-42-44-47-50-53-56-59-62-65-71(74)77-68-69(67-76-70(73)64-61-58-55-52-49-46-24-21-18-15-12-9-6-3)78-72(75)66-63-60-57-54-51-48-45-43-41-38-32-30-28-26-23-20-17-14-11-8-5-2/h9,12,18,21,46,49,55,58,69H,4-8,10-11,13-17,19-20,22-45,47-48,50-54,56-57,59-68H2,1-3H3/b12-9-,21-18-,49-46-,58-55-. The van der Waals surface area contributed by atoms with Gasteiger partial charge in [-0.15, -0.1) is 0 Å². The number of hydrogen-bond donors (Lipinski definition) is 0. The first kappa shape index (κ1) is 75.4. The third-order valence-electron chi connectivity index (χ3n) is 15.6. The van der Waals surface area contributed by atoms with Crippen LogP contribution in [-0.4, -0.2) is 37.2 Å². The highest BCUT2D eigenvalue weighted by atomic mass is 16.6. The summed E-state index contributed by atoms with van der Waals surface area (Å²) in [7, 11) is 0. The third kappa shape index (κ3) is 64.2. The molecule has 0 N–H and O–H groups in total. The van der Waals surface area contributed by atoms with Crippen LogP contribution in [0.2, 0.25) is 0 Å². The highest BCUT2D eigenvalue weighted by molar-refractivity contribution is 5.71. The van der Waals surface area contributed by atoms with E-state index in [9.17, 15) is 14.4 Å². The molecule has 1 unspecified atom stereocenters. The molecule has 0 radical (unpaired) electrons. The van der Waals surface area contributed by atoms with E-state index in [1.165, 1.54) is 263 Å². The molecular formula is C72H132O6. The Morgan fingerprint density at radius 3 is 0.782 bits per heavy atom. The van der Waals surface area contributed by atoms with Crippen molar-refractivity contribution in [1.29, 1.82) is 0 Å². The van der Waals surface area contributed by atoms with Gasteiger partial charge in [-0.1, -0.05) is 358 Å². The van der Waals surface area contributed by atoms with Gasteiger partial charge in [0, 0.05) is 19.3 Å². The Hall–Kier alpha value is -2.63. The number of rotatable bonds is 64. The topological polar surface area (TPSA) is 78.9 Å². The van der Waals surface area contributed by atoms with Crippen molar-refractivity contribution in [3.8, 4) is 0 Å². The van der Waals surface area contributed by atoms with Crippen LogP contribution in [0.4, 0.5) is 0 Å². The van der Waals surface area contributed by atoms with Crippen molar-refractivity contribution >= 4 is 17.9 Å². The number of carbonyl (C=O) groups excluding carboxylic acids is 3. The summed E-state index contributed by atoms with van der Waals surface area (Å²) in [6.07, 6.45) is 84.5. The zero-order chi connectivity index (χ0) is 56.4. The molecule has 6 nitrogen and oxygen atoms in total. The van der Waals surface area contributed by atoms with Gasteiger partial charge in [0.25, 0.3) is 0 Å². The van der Waals surface area contributed by atoms with Gasteiger partial charge in [0.15, 0.2) is 6.10 Å². The van der Waals surface area contributed by atoms with Crippen molar-refractivity contribution in [3.05, 3.63) is 48.6 Å². The molecule has 0 aromatic rings. The number of hydrogen-bond acceptors (Lipinski definition) is 6. The molecule has 0 rings (SSSR count). The van der Waals surface area contributed by atoms with Gasteiger partial charge in [-0.25, -0.2) is 0 Å². The van der Waals surface area contributed by atoms with Crippen molar-refractivity contribution in [2.24, 2.45) is 0 Å². The highest BCUT2D eigenvalue weighted by Crippen LogP contribution is 2.19. The van der Waals surface area contributed by atoms with Crippen LogP contribution in [0.25, 0.3) is 0 Å². The molecule has 0 saturated heterocycles. The van der Waals surface area contributed by atoms with Crippen molar-refractivity contribution in [3.63, 3.8) is 0 Å². The zero-order valence-corrected chi connectivity index (χ0v) is 52.5. The van der Waals surface area contributed by atoms with E-state index in [0.717, 1.165) is 64.2 Å². The molecule has 78 heavy (non-hydrogen) atoms. The third-order valence-corrected chi connectivity index (χ3v) is 15.6. The smallest absolute Gasteiger partial charge is 0.306 e. The zero-order valence-electron chi connectivity index (χ0n) is 52.5. The summed E-state index contributed by atoms with van der Waals surface area (Å²) in [5, 5.41) is 0. The molecule has 0 aromatic carbocycles. The first-order chi connectivity index (χ1) is 38.5. The van der Waals surface area contributed by atoms with Crippen molar-refractivity contribution < 1.29 is 28.6 Å². The Kier molecular flexibility index (Phi) is 64.6. The second-order valence-corrected chi connectivity index (χ2v) is 23.4. The van der Waals surface area contributed by atoms with Crippen molar-refractivity contribution in [2.45, 2.75) is 380 Å². The van der Waals surface area contributed by atoms with Crippen LogP contribution in [0.5, 0.6) is 0 Å². The normalized spacial score (nSPS) is 12.3.